The highest BCUT2D eigenvalue weighted by molar-refractivity contribution is 6.17. The fourth-order valence-corrected chi connectivity index (χ4v) is 9.57. The molecule has 280 valence electrons. The van der Waals surface area contributed by atoms with Crippen molar-refractivity contribution in [2.45, 2.75) is 19.3 Å². The van der Waals surface area contributed by atoms with E-state index in [0.29, 0.717) is 0 Å². The van der Waals surface area contributed by atoms with Gasteiger partial charge in [-0.15, -0.1) is 0 Å². The first-order valence-corrected chi connectivity index (χ1v) is 20.5. The summed E-state index contributed by atoms with van der Waals surface area (Å²) in [6.45, 7) is 4.72. The van der Waals surface area contributed by atoms with E-state index in [-0.39, 0.29) is 5.41 Å². The number of hydrogen-bond acceptors (Lipinski definition) is 1. The number of hydrogen-bond donors (Lipinski definition) is 0. The highest BCUT2D eigenvalue weighted by atomic mass is 15.1. The van der Waals surface area contributed by atoms with Crippen LogP contribution < -0.4 is 4.90 Å². The van der Waals surface area contributed by atoms with E-state index in [1.165, 1.54) is 71.9 Å². The standard InChI is InChI=1S/C57H42N2/c1-57(2)52-27-15-14-25-48(52)49-35-33-44(37-53(49)57)58(43-31-29-40(30-32-43)39-17-6-3-7-18-39)45-34-36-51-55(38-45)59(42-21-10-5-11-22-42)54-28-16-26-50(56(51)54)47-24-13-12-23-46(47)41-19-8-4-9-20-41/h3-38H,1-2H3. The third kappa shape index (κ3) is 5.71. The van der Waals surface area contributed by atoms with Gasteiger partial charge in [0, 0.05) is 38.9 Å². The Bertz CT molecular complexity index is 3160. The third-order valence-corrected chi connectivity index (χ3v) is 12.4. The zero-order chi connectivity index (χ0) is 39.5. The SMILES string of the molecule is CC1(C)c2ccccc2-c2ccc(N(c3ccc(-c4ccccc4)cc3)c3ccc4c5c(-c6ccccc6-c6ccccc6)cccc5n(-c5ccccc5)c4c3)cc21. The molecule has 59 heavy (non-hydrogen) atoms. The van der Waals surface area contributed by atoms with E-state index in [9.17, 15) is 0 Å². The molecule has 0 bridgehead atoms. The molecular weight excluding hydrogens is 713 g/mol. The maximum atomic E-state index is 2.45. The van der Waals surface area contributed by atoms with E-state index in [0.717, 1.165) is 28.3 Å². The van der Waals surface area contributed by atoms with Gasteiger partial charge in [0.25, 0.3) is 0 Å². The summed E-state index contributed by atoms with van der Waals surface area (Å²) < 4.78 is 2.45. The highest BCUT2D eigenvalue weighted by Crippen LogP contribution is 2.51. The average molecular weight is 755 g/mol. The molecule has 1 aliphatic carbocycles. The first kappa shape index (κ1) is 34.8. The number of fused-ring (bicyclic) bond motifs is 6. The lowest BCUT2D eigenvalue weighted by Gasteiger charge is -2.28. The second-order valence-electron chi connectivity index (χ2n) is 16.1. The minimum atomic E-state index is -0.124. The smallest absolute Gasteiger partial charge is 0.0562 e. The molecular formula is C57H42N2. The van der Waals surface area contributed by atoms with Crippen LogP contribution in [-0.4, -0.2) is 4.57 Å². The predicted molar refractivity (Wildman–Crippen MR) is 249 cm³/mol. The van der Waals surface area contributed by atoms with Gasteiger partial charge in [-0.25, -0.2) is 0 Å². The lowest BCUT2D eigenvalue weighted by Crippen LogP contribution is -2.16. The van der Waals surface area contributed by atoms with Crippen LogP contribution in [0.5, 0.6) is 0 Å². The first-order valence-electron chi connectivity index (χ1n) is 20.5. The molecule has 0 unspecified atom stereocenters. The van der Waals surface area contributed by atoms with Gasteiger partial charge in [0.15, 0.2) is 0 Å². The first-order chi connectivity index (χ1) is 29.0. The van der Waals surface area contributed by atoms with Crippen LogP contribution in [0.15, 0.2) is 218 Å². The van der Waals surface area contributed by atoms with Crippen molar-refractivity contribution < 1.29 is 0 Å². The van der Waals surface area contributed by atoms with Gasteiger partial charge in [-0.2, -0.15) is 0 Å². The fraction of sp³-hybridized carbons (Fsp3) is 0.0526. The maximum absolute atomic E-state index is 2.45. The average Bonchev–Trinajstić information content (AvgIpc) is 3.75. The van der Waals surface area contributed by atoms with Crippen molar-refractivity contribution in [1.29, 1.82) is 0 Å². The molecule has 1 heterocycles. The second kappa shape index (κ2) is 13.9. The zero-order valence-electron chi connectivity index (χ0n) is 33.2. The summed E-state index contributed by atoms with van der Waals surface area (Å²) >= 11 is 0. The van der Waals surface area contributed by atoms with Crippen LogP contribution in [0.2, 0.25) is 0 Å². The molecule has 0 saturated heterocycles. The molecule has 1 aromatic heterocycles. The van der Waals surface area contributed by atoms with Gasteiger partial charge in [0.1, 0.15) is 0 Å². The van der Waals surface area contributed by atoms with E-state index in [1.54, 1.807) is 0 Å². The lowest BCUT2D eigenvalue weighted by atomic mass is 9.82. The molecule has 0 saturated carbocycles. The molecule has 0 radical (unpaired) electrons. The molecule has 0 fully saturated rings. The monoisotopic (exact) mass is 754 g/mol. The van der Waals surface area contributed by atoms with Crippen molar-refractivity contribution in [3.63, 3.8) is 0 Å². The van der Waals surface area contributed by atoms with Crippen LogP contribution in [0.3, 0.4) is 0 Å². The summed E-state index contributed by atoms with van der Waals surface area (Å²) in [4.78, 5) is 2.44. The Labute approximate surface area is 345 Å². The Morgan fingerprint density at radius 2 is 0.898 bits per heavy atom. The molecule has 2 nitrogen and oxygen atoms in total. The van der Waals surface area contributed by atoms with Gasteiger partial charge in [0.05, 0.1) is 11.0 Å². The second-order valence-corrected chi connectivity index (χ2v) is 16.1. The molecule has 0 N–H and O–H groups in total. The number of benzene rings is 9. The maximum Gasteiger partial charge on any atom is 0.0562 e. The molecule has 10 aromatic rings. The molecule has 2 heteroatoms. The van der Waals surface area contributed by atoms with E-state index >= 15 is 0 Å². The normalized spacial score (nSPS) is 12.7. The number of rotatable bonds is 7. The fourth-order valence-electron chi connectivity index (χ4n) is 9.57. The summed E-state index contributed by atoms with van der Waals surface area (Å²) in [7, 11) is 0. The Morgan fingerprint density at radius 1 is 0.356 bits per heavy atom. The Balaban J connectivity index is 1.15. The van der Waals surface area contributed by atoms with E-state index in [2.05, 4.69) is 242 Å². The van der Waals surface area contributed by atoms with Crippen molar-refractivity contribution >= 4 is 38.9 Å². The van der Waals surface area contributed by atoms with Crippen molar-refractivity contribution in [3.8, 4) is 50.2 Å². The van der Waals surface area contributed by atoms with E-state index in [1.807, 2.05) is 0 Å². The van der Waals surface area contributed by atoms with Gasteiger partial charge >= 0.3 is 0 Å². The Morgan fingerprint density at radius 3 is 1.64 bits per heavy atom. The van der Waals surface area contributed by atoms with Crippen LogP contribution in [-0.2, 0) is 5.41 Å². The highest BCUT2D eigenvalue weighted by Gasteiger charge is 2.36. The van der Waals surface area contributed by atoms with Crippen LogP contribution in [0, 0.1) is 0 Å². The minimum Gasteiger partial charge on any atom is -0.310 e. The summed E-state index contributed by atoms with van der Waals surface area (Å²) in [5.74, 6) is 0. The molecule has 9 aromatic carbocycles. The van der Waals surface area contributed by atoms with E-state index < -0.39 is 0 Å². The molecule has 0 amide bonds. The minimum absolute atomic E-state index is 0.124. The van der Waals surface area contributed by atoms with Gasteiger partial charge < -0.3 is 9.47 Å². The molecule has 11 rings (SSSR count). The van der Waals surface area contributed by atoms with E-state index in [4.69, 9.17) is 0 Å². The van der Waals surface area contributed by atoms with Gasteiger partial charge in [-0.3, -0.25) is 0 Å². The number of anilines is 3. The number of nitrogens with zero attached hydrogens (tertiary/aromatic N) is 2. The van der Waals surface area contributed by atoms with Crippen molar-refractivity contribution in [3.05, 3.63) is 230 Å². The van der Waals surface area contributed by atoms with Crippen molar-refractivity contribution in [2.24, 2.45) is 0 Å². The van der Waals surface area contributed by atoms with Gasteiger partial charge in [-0.1, -0.05) is 178 Å². The largest absolute Gasteiger partial charge is 0.310 e. The zero-order valence-corrected chi connectivity index (χ0v) is 33.2. The van der Waals surface area contributed by atoms with Gasteiger partial charge in [0.2, 0.25) is 0 Å². The Kier molecular flexibility index (Phi) is 8.20. The lowest BCUT2D eigenvalue weighted by molar-refractivity contribution is 0.660. The molecule has 0 aliphatic heterocycles. The van der Waals surface area contributed by atoms with Crippen LogP contribution in [0.4, 0.5) is 17.1 Å². The summed E-state index contributed by atoms with van der Waals surface area (Å²) in [5, 5.41) is 2.47. The predicted octanol–water partition coefficient (Wildman–Crippen LogP) is 15.6. The Hall–Kier alpha value is -7.42. The molecule has 1 aliphatic rings. The van der Waals surface area contributed by atoms with Crippen LogP contribution >= 0.6 is 0 Å². The summed E-state index contributed by atoms with van der Waals surface area (Å²) in [6, 6.07) is 79.8. The molecule has 0 atom stereocenters. The van der Waals surface area contributed by atoms with Crippen LogP contribution in [0.1, 0.15) is 25.0 Å². The van der Waals surface area contributed by atoms with Crippen molar-refractivity contribution in [1.82, 2.24) is 4.57 Å². The molecule has 0 spiro atoms. The van der Waals surface area contributed by atoms with Crippen molar-refractivity contribution in [2.75, 3.05) is 4.90 Å². The number of para-hydroxylation sites is 1. The summed E-state index contributed by atoms with van der Waals surface area (Å²) in [6.07, 6.45) is 0. The summed E-state index contributed by atoms with van der Waals surface area (Å²) in [5.41, 5.74) is 19.4. The van der Waals surface area contributed by atoms with Gasteiger partial charge in [-0.05, 0) is 110 Å². The third-order valence-electron chi connectivity index (χ3n) is 12.4. The van der Waals surface area contributed by atoms with Crippen LogP contribution in [0.25, 0.3) is 72.0 Å². The quantitative estimate of drug-likeness (QED) is 0.157. The topological polar surface area (TPSA) is 8.17 Å². The number of aromatic nitrogens is 1.